The van der Waals surface area contributed by atoms with Crippen molar-refractivity contribution in [3.63, 3.8) is 0 Å². The molecule has 0 bridgehead atoms. The van der Waals surface area contributed by atoms with E-state index < -0.39 is 0 Å². The van der Waals surface area contributed by atoms with Crippen molar-refractivity contribution in [3.8, 4) is 5.75 Å². The van der Waals surface area contributed by atoms with Crippen LogP contribution in [0.4, 0.5) is 0 Å². The van der Waals surface area contributed by atoms with Crippen LogP contribution in [0, 0.1) is 0 Å². The van der Waals surface area contributed by atoms with Crippen LogP contribution >= 0.6 is 0 Å². The van der Waals surface area contributed by atoms with Gasteiger partial charge in [-0.25, -0.2) is 0 Å². The van der Waals surface area contributed by atoms with E-state index in [2.05, 4.69) is 0 Å². The molecule has 0 aliphatic heterocycles. The minimum Gasteiger partial charge on any atom is -0.508 e. The Morgan fingerprint density at radius 1 is 0.889 bits per heavy atom. The largest absolute Gasteiger partial charge is 0.508 e. The van der Waals surface area contributed by atoms with Gasteiger partial charge in [-0.15, -0.1) is 0 Å². The summed E-state index contributed by atoms with van der Waals surface area (Å²) in [5.41, 5.74) is 1.24. The monoisotopic (exact) mass is 240 g/mol. The number of phenols is 1. The highest BCUT2D eigenvalue weighted by molar-refractivity contribution is 6.15. The minimum absolute atomic E-state index is 0.103. The van der Waals surface area contributed by atoms with E-state index in [1.54, 1.807) is 24.3 Å². The fourth-order valence-electron chi connectivity index (χ4n) is 1.76. The van der Waals surface area contributed by atoms with E-state index in [9.17, 15) is 14.7 Å². The Morgan fingerprint density at radius 2 is 1.44 bits per heavy atom. The molecule has 0 saturated heterocycles. The van der Waals surface area contributed by atoms with Gasteiger partial charge in [0.25, 0.3) is 0 Å². The number of ketones is 2. The predicted molar refractivity (Wildman–Crippen MR) is 68.0 cm³/mol. The van der Waals surface area contributed by atoms with Crippen molar-refractivity contribution in [3.05, 3.63) is 65.2 Å². The Hall–Kier alpha value is -2.42. The molecule has 3 heteroatoms. The Labute approximate surface area is 105 Å². The van der Waals surface area contributed by atoms with E-state index in [1.165, 1.54) is 31.2 Å². The Morgan fingerprint density at radius 3 is 2.00 bits per heavy atom. The summed E-state index contributed by atoms with van der Waals surface area (Å²) in [6.45, 7) is 1.43. The average molecular weight is 240 g/mol. The zero-order chi connectivity index (χ0) is 13.1. The molecule has 90 valence electrons. The topological polar surface area (TPSA) is 54.4 Å². The summed E-state index contributed by atoms with van der Waals surface area (Å²) in [5, 5.41) is 9.19. The number of hydrogen-bond acceptors (Lipinski definition) is 3. The molecule has 2 aromatic carbocycles. The van der Waals surface area contributed by atoms with Crippen molar-refractivity contribution in [2.24, 2.45) is 0 Å². The third-order valence-electron chi connectivity index (χ3n) is 2.68. The zero-order valence-corrected chi connectivity index (χ0v) is 9.88. The first-order valence-corrected chi connectivity index (χ1v) is 5.53. The second-order valence-corrected chi connectivity index (χ2v) is 3.98. The van der Waals surface area contributed by atoms with Gasteiger partial charge in [-0.3, -0.25) is 9.59 Å². The van der Waals surface area contributed by atoms with E-state index in [-0.39, 0.29) is 17.3 Å². The lowest BCUT2D eigenvalue weighted by Crippen LogP contribution is -2.07. The Kier molecular flexibility index (Phi) is 3.24. The molecule has 0 atom stereocenters. The fourth-order valence-corrected chi connectivity index (χ4v) is 1.76. The third-order valence-corrected chi connectivity index (χ3v) is 2.68. The number of carbonyl (C=O) groups excluding carboxylic acids is 2. The number of benzene rings is 2. The lowest BCUT2D eigenvalue weighted by atomic mass is 9.96. The summed E-state index contributed by atoms with van der Waals surface area (Å²) in [6.07, 6.45) is 0. The van der Waals surface area contributed by atoms with Gasteiger partial charge < -0.3 is 5.11 Å². The van der Waals surface area contributed by atoms with Crippen LogP contribution in [-0.2, 0) is 0 Å². The number of hydrogen-bond donors (Lipinski definition) is 1. The smallest absolute Gasteiger partial charge is 0.193 e. The van der Waals surface area contributed by atoms with Crippen molar-refractivity contribution in [1.82, 2.24) is 0 Å². The van der Waals surface area contributed by atoms with E-state index >= 15 is 0 Å². The summed E-state index contributed by atoms with van der Waals surface area (Å²) >= 11 is 0. The molecule has 1 N–H and O–H groups in total. The van der Waals surface area contributed by atoms with E-state index in [4.69, 9.17) is 0 Å². The van der Waals surface area contributed by atoms with Crippen molar-refractivity contribution in [1.29, 1.82) is 0 Å². The van der Waals surface area contributed by atoms with Gasteiger partial charge in [0.1, 0.15) is 5.75 Å². The number of phenolic OH excluding ortho intramolecular Hbond substituents is 1. The summed E-state index contributed by atoms with van der Waals surface area (Å²) < 4.78 is 0. The molecule has 0 aliphatic carbocycles. The highest BCUT2D eigenvalue weighted by atomic mass is 16.3. The third kappa shape index (κ3) is 2.30. The van der Waals surface area contributed by atoms with Gasteiger partial charge >= 0.3 is 0 Å². The van der Waals surface area contributed by atoms with E-state index in [1.807, 2.05) is 0 Å². The first-order valence-electron chi connectivity index (χ1n) is 5.53. The summed E-state index contributed by atoms with van der Waals surface area (Å²) in [5.74, 6) is -0.259. The SMILES string of the molecule is CC(=O)c1ccccc1C(=O)c1ccc(O)cc1. The van der Waals surface area contributed by atoms with Crippen LogP contribution in [0.5, 0.6) is 5.75 Å². The lowest BCUT2D eigenvalue weighted by Gasteiger charge is -2.06. The second-order valence-electron chi connectivity index (χ2n) is 3.98. The lowest BCUT2D eigenvalue weighted by molar-refractivity contribution is 0.0990. The quantitative estimate of drug-likeness (QED) is 0.839. The van der Waals surface area contributed by atoms with Gasteiger partial charge in [-0.1, -0.05) is 24.3 Å². The number of carbonyl (C=O) groups is 2. The van der Waals surface area contributed by atoms with Gasteiger partial charge in [0, 0.05) is 16.7 Å². The first-order chi connectivity index (χ1) is 8.59. The van der Waals surface area contributed by atoms with E-state index in [0.717, 1.165) is 0 Å². The highest BCUT2D eigenvalue weighted by Crippen LogP contribution is 2.17. The maximum absolute atomic E-state index is 12.2. The highest BCUT2D eigenvalue weighted by Gasteiger charge is 2.15. The maximum atomic E-state index is 12.2. The number of Topliss-reactive ketones (excluding diaryl/α,β-unsaturated/α-hetero) is 1. The summed E-state index contributed by atoms with van der Waals surface area (Å²) in [4.78, 5) is 23.7. The first kappa shape index (κ1) is 12.0. The molecule has 3 nitrogen and oxygen atoms in total. The summed E-state index contributed by atoms with van der Waals surface area (Å²) in [7, 11) is 0. The molecule has 0 fully saturated rings. The van der Waals surface area contributed by atoms with Crippen LogP contribution in [0.15, 0.2) is 48.5 Å². The normalized spacial score (nSPS) is 10.1. The molecule has 0 radical (unpaired) electrons. The van der Waals surface area contributed by atoms with Gasteiger partial charge in [0.05, 0.1) is 0 Å². The van der Waals surface area contributed by atoms with Crippen LogP contribution in [0.2, 0.25) is 0 Å². The van der Waals surface area contributed by atoms with Crippen molar-refractivity contribution < 1.29 is 14.7 Å². The number of aromatic hydroxyl groups is 1. The molecule has 0 aromatic heterocycles. The maximum Gasteiger partial charge on any atom is 0.193 e. The van der Waals surface area contributed by atoms with Crippen LogP contribution in [-0.4, -0.2) is 16.7 Å². The van der Waals surface area contributed by atoms with Crippen LogP contribution in [0.3, 0.4) is 0 Å². The molecule has 0 heterocycles. The van der Waals surface area contributed by atoms with Gasteiger partial charge in [0.2, 0.25) is 0 Å². The summed E-state index contributed by atoms with van der Waals surface area (Å²) in [6, 6.07) is 12.7. The van der Waals surface area contributed by atoms with Crippen molar-refractivity contribution in [2.45, 2.75) is 6.92 Å². The fraction of sp³-hybridized carbons (Fsp3) is 0.0667. The molecule has 2 aromatic rings. The van der Waals surface area contributed by atoms with Crippen LogP contribution in [0.25, 0.3) is 0 Å². The zero-order valence-electron chi connectivity index (χ0n) is 9.88. The second kappa shape index (κ2) is 4.84. The van der Waals surface area contributed by atoms with Crippen molar-refractivity contribution in [2.75, 3.05) is 0 Å². The molecule has 0 saturated carbocycles. The van der Waals surface area contributed by atoms with Gasteiger partial charge in [0.15, 0.2) is 11.6 Å². The number of rotatable bonds is 3. The molecule has 0 spiro atoms. The minimum atomic E-state index is -0.221. The average Bonchev–Trinajstić information content (AvgIpc) is 2.39. The molecule has 0 unspecified atom stereocenters. The molecule has 0 amide bonds. The van der Waals surface area contributed by atoms with Gasteiger partial charge in [-0.05, 0) is 31.2 Å². The molecule has 2 rings (SSSR count). The Bertz CT molecular complexity index is 597. The molecule has 18 heavy (non-hydrogen) atoms. The van der Waals surface area contributed by atoms with Gasteiger partial charge in [-0.2, -0.15) is 0 Å². The molecular weight excluding hydrogens is 228 g/mol. The molecular formula is C15H12O3. The van der Waals surface area contributed by atoms with Crippen LogP contribution < -0.4 is 0 Å². The standard InChI is InChI=1S/C15H12O3/c1-10(16)13-4-2-3-5-14(13)15(18)11-6-8-12(17)9-7-11/h2-9,17H,1H3. The molecule has 0 aliphatic rings. The predicted octanol–water partition coefficient (Wildman–Crippen LogP) is 2.83. The van der Waals surface area contributed by atoms with Crippen molar-refractivity contribution >= 4 is 11.6 Å². The van der Waals surface area contributed by atoms with Crippen LogP contribution in [0.1, 0.15) is 33.2 Å². The van der Waals surface area contributed by atoms with E-state index in [0.29, 0.717) is 16.7 Å². The Balaban J connectivity index is 2.46.